The normalized spacial score (nSPS) is 10.5. The fraction of sp³-hybridized carbons (Fsp3) is 0.923. The summed E-state index contributed by atoms with van der Waals surface area (Å²) in [6.45, 7) is 2.22. The molecule has 0 amide bonds. The molecule has 0 aromatic carbocycles. The summed E-state index contributed by atoms with van der Waals surface area (Å²) in [5, 5.41) is 0. The lowest BCUT2D eigenvalue weighted by atomic mass is 10.1. The fourth-order valence-corrected chi connectivity index (χ4v) is 2.30. The minimum atomic E-state index is 0.633. The van der Waals surface area contributed by atoms with Crippen molar-refractivity contribution in [3.05, 3.63) is 0 Å². The first-order chi connectivity index (χ1) is 7.41. The number of rotatable bonds is 12. The highest BCUT2D eigenvalue weighted by Gasteiger charge is 1.92. The van der Waals surface area contributed by atoms with Crippen molar-refractivity contribution in [2.45, 2.75) is 64.7 Å². The predicted octanol–water partition coefficient (Wildman–Crippen LogP) is 4.36. The molecule has 0 aromatic rings. The highest BCUT2D eigenvalue weighted by atomic mass is 32.2. The van der Waals surface area contributed by atoms with Crippen LogP contribution >= 0.6 is 11.8 Å². The van der Waals surface area contributed by atoms with Gasteiger partial charge in [0.2, 0.25) is 0 Å². The molecule has 1 nitrogen and oxygen atoms in total. The lowest BCUT2D eigenvalue weighted by Crippen LogP contribution is -1.84. The molecule has 0 spiro atoms. The zero-order valence-corrected chi connectivity index (χ0v) is 10.9. The SMILES string of the molecule is CCSCCCCCCCCCC[C]=O. The molecular weight excluding hydrogens is 204 g/mol. The van der Waals surface area contributed by atoms with Crippen molar-refractivity contribution in [1.29, 1.82) is 0 Å². The van der Waals surface area contributed by atoms with Gasteiger partial charge in [-0.1, -0.05) is 45.4 Å². The molecule has 0 saturated carbocycles. The third-order valence-corrected chi connectivity index (χ3v) is 3.51. The van der Waals surface area contributed by atoms with E-state index >= 15 is 0 Å². The molecule has 0 atom stereocenters. The summed E-state index contributed by atoms with van der Waals surface area (Å²) >= 11 is 2.05. The topological polar surface area (TPSA) is 17.1 Å². The Kier molecular flexibility index (Phi) is 14.0. The number of thioether (sulfide) groups is 1. The van der Waals surface area contributed by atoms with Crippen molar-refractivity contribution in [2.75, 3.05) is 11.5 Å². The van der Waals surface area contributed by atoms with E-state index in [9.17, 15) is 4.79 Å². The summed E-state index contributed by atoms with van der Waals surface area (Å²) in [5.74, 6) is 2.60. The Labute approximate surface area is 99.4 Å². The quantitative estimate of drug-likeness (QED) is 0.462. The molecule has 0 rings (SSSR count). The Morgan fingerprint density at radius 2 is 1.40 bits per heavy atom. The van der Waals surface area contributed by atoms with Crippen LogP contribution in [0.4, 0.5) is 0 Å². The van der Waals surface area contributed by atoms with Crippen LogP contribution in [0.2, 0.25) is 0 Å². The molecule has 0 heterocycles. The van der Waals surface area contributed by atoms with E-state index in [1.807, 2.05) is 18.0 Å². The standard InChI is InChI=1S/C13H25OS/c1-2-15-13-11-9-7-5-3-4-6-8-10-12-14/h2-11,13H2,1H3. The summed E-state index contributed by atoms with van der Waals surface area (Å²) in [6, 6.07) is 0. The van der Waals surface area contributed by atoms with Crippen molar-refractivity contribution in [1.82, 2.24) is 0 Å². The lowest BCUT2D eigenvalue weighted by Gasteiger charge is -2.01. The molecule has 15 heavy (non-hydrogen) atoms. The van der Waals surface area contributed by atoms with Gasteiger partial charge in [-0.2, -0.15) is 11.8 Å². The summed E-state index contributed by atoms with van der Waals surface area (Å²) < 4.78 is 0. The molecule has 0 bridgehead atoms. The molecule has 2 heteroatoms. The largest absolute Gasteiger partial charge is 0.291 e. The van der Waals surface area contributed by atoms with Gasteiger partial charge in [0.15, 0.2) is 6.29 Å². The van der Waals surface area contributed by atoms with E-state index in [-0.39, 0.29) is 0 Å². The Morgan fingerprint density at radius 1 is 0.867 bits per heavy atom. The first-order valence-electron chi connectivity index (χ1n) is 6.34. The maximum absolute atomic E-state index is 9.94. The zero-order chi connectivity index (χ0) is 11.2. The van der Waals surface area contributed by atoms with E-state index in [1.54, 1.807) is 0 Å². The molecule has 0 unspecified atom stereocenters. The minimum Gasteiger partial charge on any atom is -0.291 e. The second-order valence-corrected chi connectivity index (χ2v) is 5.31. The van der Waals surface area contributed by atoms with E-state index in [2.05, 4.69) is 6.92 Å². The van der Waals surface area contributed by atoms with E-state index in [1.165, 1.54) is 56.5 Å². The average molecular weight is 229 g/mol. The average Bonchev–Trinajstić information content (AvgIpc) is 2.26. The molecule has 0 aliphatic carbocycles. The number of hydrogen-bond donors (Lipinski definition) is 0. The van der Waals surface area contributed by atoms with Crippen LogP contribution in [0, 0.1) is 0 Å². The third kappa shape index (κ3) is 14.0. The van der Waals surface area contributed by atoms with Gasteiger partial charge in [0, 0.05) is 6.42 Å². The lowest BCUT2D eigenvalue weighted by molar-refractivity contribution is 0.539. The molecule has 1 radical (unpaired) electrons. The van der Waals surface area contributed by atoms with E-state index in [0.717, 1.165) is 6.42 Å². The third-order valence-electron chi connectivity index (χ3n) is 2.52. The van der Waals surface area contributed by atoms with Crippen LogP contribution in [0.3, 0.4) is 0 Å². The van der Waals surface area contributed by atoms with Gasteiger partial charge in [-0.25, -0.2) is 0 Å². The van der Waals surface area contributed by atoms with Crippen LogP contribution in [0.25, 0.3) is 0 Å². The molecule has 0 fully saturated rings. The molecule has 0 aromatic heterocycles. The van der Waals surface area contributed by atoms with Gasteiger partial charge in [-0.15, -0.1) is 0 Å². The van der Waals surface area contributed by atoms with Gasteiger partial charge in [0.1, 0.15) is 0 Å². The van der Waals surface area contributed by atoms with Gasteiger partial charge in [0.25, 0.3) is 0 Å². The van der Waals surface area contributed by atoms with Crippen LogP contribution in [0.15, 0.2) is 0 Å². The van der Waals surface area contributed by atoms with Gasteiger partial charge in [-0.3, -0.25) is 4.79 Å². The van der Waals surface area contributed by atoms with Crippen molar-refractivity contribution in [3.8, 4) is 0 Å². The van der Waals surface area contributed by atoms with Crippen molar-refractivity contribution in [2.24, 2.45) is 0 Å². The first-order valence-corrected chi connectivity index (χ1v) is 7.50. The van der Waals surface area contributed by atoms with Crippen molar-refractivity contribution < 1.29 is 4.79 Å². The van der Waals surface area contributed by atoms with Gasteiger partial charge >= 0.3 is 0 Å². The second kappa shape index (κ2) is 14.0. The van der Waals surface area contributed by atoms with Gasteiger partial charge in [0.05, 0.1) is 0 Å². The molecule has 0 saturated heterocycles. The summed E-state index contributed by atoms with van der Waals surface area (Å²) in [6.07, 6.45) is 13.0. The molecule has 0 N–H and O–H groups in total. The smallest absolute Gasteiger partial charge is 0.198 e. The first kappa shape index (κ1) is 15.0. The second-order valence-electron chi connectivity index (χ2n) is 3.92. The van der Waals surface area contributed by atoms with E-state index < -0.39 is 0 Å². The van der Waals surface area contributed by atoms with Gasteiger partial charge < -0.3 is 0 Å². The molecule has 89 valence electrons. The Morgan fingerprint density at radius 3 is 1.93 bits per heavy atom. The highest BCUT2D eigenvalue weighted by Crippen LogP contribution is 2.11. The van der Waals surface area contributed by atoms with E-state index in [0.29, 0.717) is 6.42 Å². The zero-order valence-electron chi connectivity index (χ0n) is 10.1. The number of hydrogen-bond acceptors (Lipinski definition) is 2. The van der Waals surface area contributed by atoms with Crippen molar-refractivity contribution in [3.63, 3.8) is 0 Å². The van der Waals surface area contributed by atoms with Crippen LogP contribution in [0.5, 0.6) is 0 Å². The maximum Gasteiger partial charge on any atom is 0.198 e. The molecule has 0 aliphatic heterocycles. The maximum atomic E-state index is 9.94. The minimum absolute atomic E-state index is 0.633. The van der Waals surface area contributed by atoms with Crippen molar-refractivity contribution >= 4 is 18.0 Å². The van der Waals surface area contributed by atoms with E-state index in [4.69, 9.17) is 0 Å². The Hall–Kier alpha value is 0.0200. The van der Waals surface area contributed by atoms with Crippen LogP contribution in [0.1, 0.15) is 64.7 Å². The Balaban J connectivity index is 2.83. The predicted molar refractivity (Wildman–Crippen MR) is 70.2 cm³/mol. The fourth-order valence-electron chi connectivity index (χ4n) is 1.61. The molecular formula is C13H25OS. The van der Waals surface area contributed by atoms with Crippen LogP contribution < -0.4 is 0 Å². The molecule has 0 aliphatic rings. The van der Waals surface area contributed by atoms with Gasteiger partial charge in [-0.05, 0) is 24.3 Å². The Bertz CT molecular complexity index is 126. The highest BCUT2D eigenvalue weighted by molar-refractivity contribution is 7.99. The van der Waals surface area contributed by atoms with Crippen LogP contribution in [-0.2, 0) is 4.79 Å². The summed E-state index contributed by atoms with van der Waals surface area (Å²) in [4.78, 5) is 9.94. The summed E-state index contributed by atoms with van der Waals surface area (Å²) in [5.41, 5.74) is 0. The van der Waals surface area contributed by atoms with Crippen LogP contribution in [-0.4, -0.2) is 17.8 Å². The monoisotopic (exact) mass is 229 g/mol. The number of unbranched alkanes of at least 4 members (excludes halogenated alkanes) is 8. The summed E-state index contributed by atoms with van der Waals surface area (Å²) in [7, 11) is 0. The number of carbonyl (C=O) groups excluding carboxylic acids is 1.